The van der Waals surface area contributed by atoms with Gasteiger partial charge in [0.2, 0.25) is 0 Å². The Hall–Kier alpha value is -3.41. The van der Waals surface area contributed by atoms with Crippen molar-refractivity contribution in [2.45, 2.75) is 13.5 Å². The maximum Gasteiger partial charge on any atom is 0.270 e. The lowest BCUT2D eigenvalue weighted by Crippen LogP contribution is -2.23. The fourth-order valence-corrected chi connectivity index (χ4v) is 2.77. The summed E-state index contributed by atoms with van der Waals surface area (Å²) in [6, 6.07) is 11.6. The summed E-state index contributed by atoms with van der Waals surface area (Å²) in [5.41, 5.74) is 4.02. The summed E-state index contributed by atoms with van der Waals surface area (Å²) in [5.74, 6) is 0.472. The summed E-state index contributed by atoms with van der Waals surface area (Å²) in [6.45, 7) is 2.34. The Labute approximate surface area is 143 Å². The highest BCUT2D eigenvalue weighted by Gasteiger charge is 2.15. The average molecular weight is 332 g/mol. The number of pyridine rings is 1. The molecule has 0 unspecified atom stereocenters. The van der Waals surface area contributed by atoms with Crippen LogP contribution in [0, 0.1) is 6.92 Å². The van der Waals surface area contributed by atoms with E-state index in [0.29, 0.717) is 18.0 Å². The number of rotatable bonds is 4. The SMILES string of the molecule is Cc1ccc2oc(CNC(=O)c3[nH]ncc3-c3ccncc3)cc2c1. The normalized spacial score (nSPS) is 10.9. The first-order valence-corrected chi connectivity index (χ1v) is 7.92. The van der Waals surface area contributed by atoms with E-state index in [1.165, 1.54) is 5.56 Å². The minimum atomic E-state index is -0.235. The van der Waals surface area contributed by atoms with E-state index in [0.717, 1.165) is 22.1 Å². The van der Waals surface area contributed by atoms with Crippen LogP contribution in [0.3, 0.4) is 0 Å². The summed E-state index contributed by atoms with van der Waals surface area (Å²) in [5, 5.41) is 10.6. The largest absolute Gasteiger partial charge is 0.459 e. The second-order valence-corrected chi connectivity index (χ2v) is 5.83. The van der Waals surface area contributed by atoms with Crippen molar-refractivity contribution in [3.63, 3.8) is 0 Å². The number of aromatic nitrogens is 3. The summed E-state index contributed by atoms with van der Waals surface area (Å²) in [6.07, 6.45) is 5.00. The number of hydrogen-bond donors (Lipinski definition) is 2. The Morgan fingerprint density at radius 1 is 1.20 bits per heavy atom. The lowest BCUT2D eigenvalue weighted by Gasteiger charge is -2.04. The molecule has 4 rings (SSSR count). The molecule has 6 heteroatoms. The van der Waals surface area contributed by atoms with Crippen molar-refractivity contribution in [3.8, 4) is 11.1 Å². The molecular formula is C19H16N4O2. The van der Waals surface area contributed by atoms with E-state index in [1.54, 1.807) is 18.6 Å². The van der Waals surface area contributed by atoms with Gasteiger partial charge >= 0.3 is 0 Å². The van der Waals surface area contributed by atoms with Crippen LogP contribution < -0.4 is 5.32 Å². The number of nitrogens with one attached hydrogen (secondary N) is 2. The van der Waals surface area contributed by atoms with Crippen LogP contribution in [0.2, 0.25) is 0 Å². The topological polar surface area (TPSA) is 83.8 Å². The fourth-order valence-electron chi connectivity index (χ4n) is 2.77. The van der Waals surface area contributed by atoms with Crippen molar-refractivity contribution in [1.29, 1.82) is 0 Å². The Balaban J connectivity index is 1.52. The number of fused-ring (bicyclic) bond motifs is 1. The molecule has 0 saturated carbocycles. The number of H-pyrrole nitrogens is 1. The molecule has 0 fully saturated rings. The highest BCUT2D eigenvalue weighted by atomic mass is 16.3. The quantitative estimate of drug-likeness (QED) is 0.599. The van der Waals surface area contributed by atoms with E-state index >= 15 is 0 Å². The number of amides is 1. The highest BCUT2D eigenvalue weighted by Crippen LogP contribution is 2.22. The number of furan rings is 1. The average Bonchev–Trinajstić information content (AvgIpc) is 3.26. The van der Waals surface area contributed by atoms with Gasteiger partial charge in [0.1, 0.15) is 17.0 Å². The fraction of sp³-hybridized carbons (Fsp3) is 0.105. The number of carbonyl (C=O) groups excluding carboxylic acids is 1. The predicted molar refractivity (Wildman–Crippen MR) is 93.9 cm³/mol. The van der Waals surface area contributed by atoms with Gasteiger partial charge in [0.05, 0.1) is 12.7 Å². The minimum absolute atomic E-state index is 0.235. The van der Waals surface area contributed by atoms with Gasteiger partial charge in [-0.25, -0.2) is 0 Å². The van der Waals surface area contributed by atoms with Crippen LogP contribution >= 0.6 is 0 Å². The first-order valence-electron chi connectivity index (χ1n) is 7.92. The summed E-state index contributed by atoms with van der Waals surface area (Å²) >= 11 is 0. The summed E-state index contributed by atoms with van der Waals surface area (Å²) < 4.78 is 5.76. The maximum absolute atomic E-state index is 12.5. The molecule has 0 aliphatic rings. The molecule has 0 radical (unpaired) electrons. The molecule has 1 aromatic carbocycles. The van der Waals surface area contributed by atoms with Crippen molar-refractivity contribution >= 4 is 16.9 Å². The zero-order valence-electron chi connectivity index (χ0n) is 13.6. The van der Waals surface area contributed by atoms with Crippen molar-refractivity contribution < 1.29 is 9.21 Å². The number of aryl methyl sites for hydroxylation is 1. The van der Waals surface area contributed by atoms with Crippen LogP contribution in [-0.4, -0.2) is 21.1 Å². The van der Waals surface area contributed by atoms with Crippen molar-refractivity contribution in [2.24, 2.45) is 0 Å². The van der Waals surface area contributed by atoms with E-state index in [1.807, 2.05) is 37.3 Å². The van der Waals surface area contributed by atoms with Crippen LogP contribution in [0.1, 0.15) is 21.8 Å². The monoisotopic (exact) mass is 332 g/mol. The smallest absolute Gasteiger partial charge is 0.270 e. The van der Waals surface area contributed by atoms with Gasteiger partial charge in [-0.1, -0.05) is 11.6 Å². The van der Waals surface area contributed by atoms with Gasteiger partial charge in [0.25, 0.3) is 5.91 Å². The molecule has 0 atom stereocenters. The number of carbonyl (C=O) groups is 1. The van der Waals surface area contributed by atoms with E-state index < -0.39 is 0 Å². The summed E-state index contributed by atoms with van der Waals surface area (Å²) in [7, 11) is 0. The number of hydrogen-bond acceptors (Lipinski definition) is 4. The van der Waals surface area contributed by atoms with Crippen LogP contribution in [-0.2, 0) is 6.54 Å². The zero-order chi connectivity index (χ0) is 17.2. The maximum atomic E-state index is 12.5. The third kappa shape index (κ3) is 3.01. The second-order valence-electron chi connectivity index (χ2n) is 5.83. The van der Waals surface area contributed by atoms with Gasteiger partial charge in [0.15, 0.2) is 0 Å². The number of nitrogens with zero attached hydrogens (tertiary/aromatic N) is 2. The number of aromatic amines is 1. The third-order valence-electron chi connectivity index (χ3n) is 4.00. The van der Waals surface area contributed by atoms with Gasteiger partial charge in [-0.3, -0.25) is 14.9 Å². The highest BCUT2D eigenvalue weighted by molar-refractivity contribution is 5.98. The molecule has 0 aliphatic carbocycles. The standard InChI is InChI=1S/C19H16N4O2/c1-12-2-3-17-14(8-12)9-15(25-17)10-21-19(24)18-16(11-22-23-18)13-4-6-20-7-5-13/h2-9,11H,10H2,1H3,(H,21,24)(H,22,23). The van der Waals surface area contributed by atoms with Gasteiger partial charge in [0, 0.05) is 23.3 Å². The molecule has 3 heterocycles. The van der Waals surface area contributed by atoms with Gasteiger partial charge in [-0.15, -0.1) is 0 Å². The molecule has 124 valence electrons. The van der Waals surface area contributed by atoms with E-state index in [2.05, 4.69) is 26.6 Å². The molecule has 0 aliphatic heterocycles. The van der Waals surface area contributed by atoms with Crippen LogP contribution in [0.15, 0.2) is 59.4 Å². The Bertz CT molecular complexity index is 1030. The van der Waals surface area contributed by atoms with Gasteiger partial charge in [-0.2, -0.15) is 5.10 Å². The van der Waals surface area contributed by atoms with Crippen molar-refractivity contribution in [2.75, 3.05) is 0 Å². The Morgan fingerprint density at radius 3 is 2.88 bits per heavy atom. The van der Waals surface area contributed by atoms with Crippen LogP contribution in [0.4, 0.5) is 0 Å². The molecule has 0 bridgehead atoms. The van der Waals surface area contributed by atoms with E-state index in [-0.39, 0.29) is 5.91 Å². The molecule has 6 nitrogen and oxygen atoms in total. The molecule has 2 N–H and O–H groups in total. The Morgan fingerprint density at radius 2 is 2.04 bits per heavy atom. The molecule has 1 amide bonds. The minimum Gasteiger partial charge on any atom is -0.459 e. The first-order chi connectivity index (χ1) is 12.2. The van der Waals surface area contributed by atoms with Gasteiger partial charge < -0.3 is 9.73 Å². The van der Waals surface area contributed by atoms with E-state index in [4.69, 9.17) is 4.42 Å². The van der Waals surface area contributed by atoms with Crippen molar-refractivity contribution in [1.82, 2.24) is 20.5 Å². The zero-order valence-corrected chi connectivity index (χ0v) is 13.6. The van der Waals surface area contributed by atoms with Crippen LogP contribution in [0.5, 0.6) is 0 Å². The lowest BCUT2D eigenvalue weighted by atomic mass is 10.1. The van der Waals surface area contributed by atoms with Gasteiger partial charge in [-0.05, 0) is 42.8 Å². The third-order valence-corrected chi connectivity index (χ3v) is 4.00. The van der Waals surface area contributed by atoms with Crippen molar-refractivity contribution in [3.05, 3.63) is 72.0 Å². The molecule has 0 spiro atoms. The summed E-state index contributed by atoms with van der Waals surface area (Å²) in [4.78, 5) is 16.5. The molecular weight excluding hydrogens is 316 g/mol. The molecule has 25 heavy (non-hydrogen) atoms. The molecule has 0 saturated heterocycles. The predicted octanol–water partition coefficient (Wildman–Crippen LogP) is 3.46. The van der Waals surface area contributed by atoms with E-state index in [9.17, 15) is 4.79 Å². The lowest BCUT2D eigenvalue weighted by molar-refractivity contribution is 0.0944. The molecule has 4 aromatic rings. The first kappa shape index (κ1) is 15.1. The molecule has 3 aromatic heterocycles. The number of benzene rings is 1. The van der Waals surface area contributed by atoms with Crippen LogP contribution in [0.25, 0.3) is 22.1 Å². The second kappa shape index (κ2) is 6.24. The Kier molecular flexibility index (Phi) is 3.78.